The van der Waals surface area contributed by atoms with Gasteiger partial charge in [0.05, 0.1) is 23.1 Å². The lowest BCUT2D eigenvalue weighted by molar-refractivity contribution is -0.124. The van der Waals surface area contributed by atoms with Crippen molar-refractivity contribution in [1.82, 2.24) is 0 Å². The second kappa shape index (κ2) is 7.24. The topological polar surface area (TPSA) is 80.8 Å². The number of hydrogen-bond donors (Lipinski definition) is 0. The van der Waals surface area contributed by atoms with Crippen molar-refractivity contribution in [2.45, 2.75) is 19.4 Å². The van der Waals surface area contributed by atoms with Crippen molar-refractivity contribution >= 4 is 29.3 Å². The van der Waals surface area contributed by atoms with Crippen molar-refractivity contribution in [2.75, 3.05) is 4.90 Å². The maximum absolute atomic E-state index is 13.3. The SMILES string of the molecule is C[C@H](OC(=O)c1cccc(N2C(=O)[C@@H]3[C@H]4C=C[C@@H]([C@@H]5C[C@@H]45)[C@@H]3C2=O)c1)C(=O)c1ccccc1. The highest BCUT2D eigenvalue weighted by molar-refractivity contribution is 6.23. The van der Waals surface area contributed by atoms with Gasteiger partial charge in [-0.25, -0.2) is 9.69 Å². The molecule has 2 bridgehead atoms. The van der Waals surface area contributed by atoms with Crippen LogP contribution in [0.15, 0.2) is 66.7 Å². The molecule has 2 aromatic carbocycles. The molecular formula is C27H23NO5. The van der Waals surface area contributed by atoms with E-state index in [2.05, 4.69) is 12.2 Å². The summed E-state index contributed by atoms with van der Waals surface area (Å²) in [6, 6.07) is 15.0. The van der Waals surface area contributed by atoms with E-state index in [0.29, 0.717) is 23.1 Å². The van der Waals surface area contributed by atoms with Crippen molar-refractivity contribution in [2.24, 2.45) is 35.5 Å². The van der Waals surface area contributed by atoms with Gasteiger partial charge in [-0.05, 0) is 55.2 Å². The van der Waals surface area contributed by atoms with Crippen molar-refractivity contribution < 1.29 is 23.9 Å². The van der Waals surface area contributed by atoms with Gasteiger partial charge < -0.3 is 4.74 Å². The van der Waals surface area contributed by atoms with Crippen molar-refractivity contribution in [3.8, 4) is 0 Å². The van der Waals surface area contributed by atoms with Gasteiger partial charge in [-0.1, -0.05) is 48.6 Å². The first kappa shape index (κ1) is 20.1. The van der Waals surface area contributed by atoms with Crippen LogP contribution in [-0.4, -0.2) is 29.7 Å². The second-order valence-electron chi connectivity index (χ2n) is 9.49. The summed E-state index contributed by atoms with van der Waals surface area (Å²) in [7, 11) is 0. The summed E-state index contributed by atoms with van der Waals surface area (Å²) in [5, 5.41) is 0. The van der Waals surface area contributed by atoms with Gasteiger partial charge >= 0.3 is 5.97 Å². The zero-order chi connectivity index (χ0) is 22.9. The minimum absolute atomic E-state index is 0.143. The molecule has 2 saturated carbocycles. The molecule has 1 saturated heterocycles. The lowest BCUT2D eigenvalue weighted by atomic mass is 9.63. The molecule has 33 heavy (non-hydrogen) atoms. The molecule has 2 amide bonds. The van der Waals surface area contributed by atoms with E-state index in [0.717, 1.165) is 6.42 Å². The van der Waals surface area contributed by atoms with Gasteiger partial charge in [-0.2, -0.15) is 0 Å². The van der Waals surface area contributed by atoms with Crippen LogP contribution >= 0.6 is 0 Å². The second-order valence-corrected chi connectivity index (χ2v) is 9.49. The Balaban J connectivity index is 1.22. The van der Waals surface area contributed by atoms with Gasteiger partial charge in [0.2, 0.25) is 17.6 Å². The highest BCUT2D eigenvalue weighted by atomic mass is 16.5. The molecule has 0 unspecified atom stereocenters. The van der Waals surface area contributed by atoms with Gasteiger partial charge in [-0.15, -0.1) is 0 Å². The minimum Gasteiger partial charge on any atom is -0.451 e. The van der Waals surface area contributed by atoms with Crippen molar-refractivity contribution in [3.63, 3.8) is 0 Å². The van der Waals surface area contributed by atoms with Gasteiger partial charge in [0.15, 0.2) is 6.10 Å². The zero-order valence-electron chi connectivity index (χ0n) is 18.1. The van der Waals surface area contributed by atoms with Gasteiger partial charge in [0.25, 0.3) is 0 Å². The summed E-state index contributed by atoms with van der Waals surface area (Å²) in [5.74, 6) is -0.560. The molecule has 7 atom stereocenters. The van der Waals surface area contributed by atoms with E-state index in [1.54, 1.807) is 48.5 Å². The van der Waals surface area contributed by atoms with E-state index in [9.17, 15) is 19.2 Å². The fourth-order valence-corrected chi connectivity index (χ4v) is 6.10. The maximum atomic E-state index is 13.3. The van der Waals surface area contributed by atoms with E-state index in [-0.39, 0.29) is 46.8 Å². The number of ketones is 1. The number of esters is 1. The summed E-state index contributed by atoms with van der Waals surface area (Å²) >= 11 is 0. The van der Waals surface area contributed by atoms with Crippen LogP contribution in [0.5, 0.6) is 0 Å². The van der Waals surface area contributed by atoms with Crippen LogP contribution in [0.3, 0.4) is 0 Å². The smallest absolute Gasteiger partial charge is 0.338 e. The normalized spacial score (nSPS) is 31.7. The number of carbonyl (C=O) groups excluding carboxylic acids is 4. The van der Waals surface area contributed by atoms with E-state index >= 15 is 0 Å². The Hall–Kier alpha value is -3.54. The molecule has 6 nitrogen and oxygen atoms in total. The predicted molar refractivity (Wildman–Crippen MR) is 119 cm³/mol. The molecule has 1 heterocycles. The zero-order valence-corrected chi connectivity index (χ0v) is 18.1. The number of rotatable bonds is 5. The predicted octanol–water partition coefficient (Wildman–Crippen LogP) is 3.67. The first-order valence-electron chi connectivity index (χ1n) is 11.4. The fraction of sp³-hybridized carbons (Fsp3) is 0.333. The Kier molecular flexibility index (Phi) is 4.41. The van der Waals surface area contributed by atoms with E-state index in [1.807, 2.05) is 0 Å². The van der Waals surface area contributed by atoms with Crippen LogP contribution in [0.4, 0.5) is 5.69 Å². The number of anilines is 1. The third-order valence-corrected chi connectivity index (χ3v) is 7.71. The molecule has 0 radical (unpaired) electrons. The standard InChI is InChI=1S/C27H23NO5/c1-14(24(29)15-6-3-2-4-7-15)33-27(32)16-8-5-9-17(12-16)28-25(30)22-18-10-11-19(21-13-20(18)21)23(22)26(28)31/h2-12,14,18-23H,13H2,1H3/t14-,18-,19-,20-,21-,22-,23+/m0/s1. The number of carbonyl (C=O) groups is 4. The van der Waals surface area contributed by atoms with Gasteiger partial charge in [0, 0.05) is 5.56 Å². The molecule has 166 valence electrons. The quantitative estimate of drug-likeness (QED) is 0.306. The fourth-order valence-electron chi connectivity index (χ4n) is 6.10. The first-order chi connectivity index (χ1) is 16.0. The molecule has 0 spiro atoms. The number of imide groups is 1. The number of ether oxygens (including phenoxy) is 1. The summed E-state index contributed by atoms with van der Waals surface area (Å²) in [6.45, 7) is 1.53. The van der Waals surface area contributed by atoms with Crippen molar-refractivity contribution in [3.05, 3.63) is 77.9 Å². The number of amides is 2. The monoisotopic (exact) mass is 441 g/mol. The van der Waals surface area contributed by atoms with Crippen LogP contribution < -0.4 is 4.90 Å². The Morgan fingerprint density at radius 2 is 1.48 bits per heavy atom. The third-order valence-electron chi connectivity index (χ3n) is 7.71. The maximum Gasteiger partial charge on any atom is 0.338 e. The Labute approximate surface area is 191 Å². The molecule has 4 aliphatic carbocycles. The molecule has 1 aliphatic heterocycles. The molecule has 5 aliphatic rings. The number of benzene rings is 2. The molecule has 0 N–H and O–H groups in total. The largest absolute Gasteiger partial charge is 0.451 e. The van der Waals surface area contributed by atoms with Crippen LogP contribution in [-0.2, 0) is 14.3 Å². The van der Waals surface area contributed by atoms with Gasteiger partial charge in [-0.3, -0.25) is 14.4 Å². The summed E-state index contributed by atoms with van der Waals surface area (Å²) in [6.07, 6.45) is 4.41. The van der Waals surface area contributed by atoms with Crippen LogP contribution in [0.1, 0.15) is 34.1 Å². The highest BCUT2D eigenvalue weighted by Crippen LogP contribution is 2.65. The lowest BCUT2D eigenvalue weighted by Gasteiger charge is -2.37. The average Bonchev–Trinajstić information content (AvgIpc) is 3.62. The number of allylic oxidation sites excluding steroid dienone is 2. The molecule has 6 heteroatoms. The first-order valence-corrected chi connectivity index (χ1v) is 11.4. The number of Topliss-reactive ketones (excluding diaryl/α,β-unsaturated/α-hetero) is 1. The van der Waals surface area contributed by atoms with Gasteiger partial charge in [0.1, 0.15) is 0 Å². The van der Waals surface area contributed by atoms with E-state index in [4.69, 9.17) is 4.74 Å². The summed E-state index contributed by atoms with van der Waals surface area (Å²) in [5.41, 5.74) is 1.03. The van der Waals surface area contributed by atoms with Crippen LogP contribution in [0.2, 0.25) is 0 Å². The molecule has 3 fully saturated rings. The molecule has 0 aromatic heterocycles. The lowest BCUT2D eigenvalue weighted by Crippen LogP contribution is -2.40. The minimum atomic E-state index is -0.963. The van der Waals surface area contributed by atoms with Crippen LogP contribution in [0.25, 0.3) is 0 Å². The Bertz CT molecular complexity index is 1180. The Morgan fingerprint density at radius 1 is 0.879 bits per heavy atom. The molecule has 2 aromatic rings. The molecule has 7 rings (SSSR count). The number of hydrogen-bond acceptors (Lipinski definition) is 5. The van der Waals surface area contributed by atoms with Crippen LogP contribution in [0, 0.1) is 35.5 Å². The highest BCUT2D eigenvalue weighted by Gasteiger charge is 2.67. The van der Waals surface area contributed by atoms with E-state index in [1.165, 1.54) is 17.9 Å². The summed E-state index contributed by atoms with van der Waals surface area (Å²) in [4.78, 5) is 53.2. The third kappa shape index (κ3) is 3.00. The summed E-state index contributed by atoms with van der Waals surface area (Å²) < 4.78 is 5.40. The van der Waals surface area contributed by atoms with E-state index < -0.39 is 12.1 Å². The average molecular weight is 441 g/mol. The van der Waals surface area contributed by atoms with Crippen molar-refractivity contribution in [1.29, 1.82) is 0 Å². The Morgan fingerprint density at radius 3 is 2.12 bits per heavy atom. The molecular weight excluding hydrogens is 418 g/mol. The number of nitrogens with zero attached hydrogens (tertiary/aromatic N) is 1.